The Hall–Kier alpha value is -3.65. The molecule has 11 heteroatoms. The molecule has 0 aliphatic carbocycles. The van der Waals surface area contributed by atoms with E-state index in [1.807, 2.05) is 6.92 Å². The van der Waals surface area contributed by atoms with E-state index in [-0.39, 0.29) is 16.5 Å². The van der Waals surface area contributed by atoms with Crippen molar-refractivity contribution in [2.75, 3.05) is 5.73 Å². The molecule has 3 aromatic heterocycles. The minimum absolute atomic E-state index is 0.0828. The predicted molar refractivity (Wildman–Crippen MR) is 127 cm³/mol. The number of fused-ring (bicyclic) bond motifs is 2. The van der Waals surface area contributed by atoms with Gasteiger partial charge in [-0.25, -0.2) is 0 Å². The Bertz CT molecular complexity index is 1590. The molecule has 1 unspecified atom stereocenters. The number of rotatable bonds is 5. The number of para-hydroxylation sites is 1. The third-order valence-electron chi connectivity index (χ3n) is 5.54. The van der Waals surface area contributed by atoms with Crippen LogP contribution >= 0.6 is 0 Å². The first-order valence-corrected chi connectivity index (χ1v) is 12.5. The molecule has 0 spiro atoms. The van der Waals surface area contributed by atoms with Gasteiger partial charge in [0.1, 0.15) is 0 Å². The first kappa shape index (κ1) is 22.2. The number of anilines is 1. The topological polar surface area (TPSA) is 115 Å². The van der Waals surface area contributed by atoms with Crippen molar-refractivity contribution < 1.29 is 8.78 Å². The van der Waals surface area contributed by atoms with E-state index in [2.05, 4.69) is 19.9 Å². The SMILES string of the molecule is CCC([As]c1nc(N)nc2nc[nH]c12)c1nc2cccc(C)c2c(=O)n1-c1c(F)cccc1F. The number of aromatic nitrogens is 6. The summed E-state index contributed by atoms with van der Waals surface area (Å²) in [4.78, 5) is 34.2. The van der Waals surface area contributed by atoms with Gasteiger partial charge in [0, 0.05) is 0 Å². The van der Waals surface area contributed by atoms with Crippen LogP contribution in [-0.4, -0.2) is 45.2 Å². The molecular weight excluding hydrogens is 503 g/mol. The van der Waals surface area contributed by atoms with Gasteiger partial charge in [-0.05, 0) is 0 Å². The monoisotopic (exact) mass is 522 g/mol. The van der Waals surface area contributed by atoms with Crippen molar-refractivity contribution in [2.45, 2.75) is 25.0 Å². The minimum atomic E-state index is -0.841. The molecule has 0 amide bonds. The van der Waals surface area contributed by atoms with Crippen molar-refractivity contribution in [3.05, 3.63) is 76.1 Å². The molecule has 0 aliphatic heterocycles. The number of nitrogens with one attached hydrogen (secondary N) is 1. The van der Waals surface area contributed by atoms with Crippen LogP contribution in [-0.2, 0) is 0 Å². The summed E-state index contributed by atoms with van der Waals surface area (Å²) >= 11 is -0.797. The molecule has 0 aliphatic rings. The number of nitrogens with zero attached hydrogens (tertiary/aromatic N) is 5. The van der Waals surface area contributed by atoms with Crippen molar-refractivity contribution in [3.8, 4) is 5.69 Å². The van der Waals surface area contributed by atoms with Gasteiger partial charge >= 0.3 is 199 Å². The van der Waals surface area contributed by atoms with Gasteiger partial charge in [0.05, 0.1) is 0 Å². The quantitative estimate of drug-likeness (QED) is 0.343. The summed E-state index contributed by atoms with van der Waals surface area (Å²) in [6.07, 6.45) is 2.06. The molecule has 2 aromatic carbocycles. The normalized spacial score (nSPS) is 12.8. The van der Waals surface area contributed by atoms with E-state index >= 15 is 0 Å². The maximum atomic E-state index is 14.9. The Kier molecular flexibility index (Phi) is 5.61. The number of halogens is 2. The number of benzene rings is 2. The summed E-state index contributed by atoms with van der Waals surface area (Å²) in [6.45, 7) is 3.71. The van der Waals surface area contributed by atoms with E-state index in [0.717, 1.165) is 16.7 Å². The van der Waals surface area contributed by atoms with Crippen LogP contribution in [0.1, 0.15) is 29.4 Å². The first-order chi connectivity index (χ1) is 16.4. The van der Waals surface area contributed by atoms with Crippen molar-refractivity contribution in [3.63, 3.8) is 0 Å². The van der Waals surface area contributed by atoms with Crippen LogP contribution in [0, 0.1) is 18.6 Å². The summed E-state index contributed by atoms with van der Waals surface area (Å²) in [7, 11) is 0. The van der Waals surface area contributed by atoms with E-state index in [4.69, 9.17) is 10.7 Å². The first-order valence-electron chi connectivity index (χ1n) is 10.5. The molecule has 5 aromatic rings. The zero-order chi connectivity index (χ0) is 24.0. The summed E-state index contributed by atoms with van der Waals surface area (Å²) in [5.74, 6) is -1.32. The fourth-order valence-corrected chi connectivity index (χ4v) is 6.52. The summed E-state index contributed by atoms with van der Waals surface area (Å²) in [5.41, 5.74) is 7.17. The molecule has 3 heterocycles. The van der Waals surface area contributed by atoms with Crippen LogP contribution in [0.2, 0.25) is 0 Å². The van der Waals surface area contributed by atoms with Crippen LogP contribution < -0.4 is 15.8 Å². The Morgan fingerprint density at radius 2 is 1.85 bits per heavy atom. The third-order valence-corrected chi connectivity index (χ3v) is 8.64. The van der Waals surface area contributed by atoms with E-state index in [1.165, 1.54) is 12.4 Å². The maximum absolute atomic E-state index is 14.9. The number of aryl methyl sites for hydroxylation is 1. The van der Waals surface area contributed by atoms with Crippen LogP contribution in [0.25, 0.3) is 27.8 Å². The zero-order valence-electron chi connectivity index (χ0n) is 18.3. The van der Waals surface area contributed by atoms with Gasteiger partial charge in [-0.1, -0.05) is 0 Å². The average Bonchev–Trinajstić information content (AvgIpc) is 3.27. The van der Waals surface area contributed by atoms with E-state index in [1.54, 1.807) is 25.1 Å². The van der Waals surface area contributed by atoms with Crippen LogP contribution in [0.3, 0.4) is 0 Å². The van der Waals surface area contributed by atoms with Crippen LogP contribution in [0.15, 0.2) is 47.5 Å². The summed E-state index contributed by atoms with van der Waals surface area (Å²) in [5, 5.41) is 0.322. The fraction of sp³-hybridized carbons (Fsp3) is 0.174. The van der Waals surface area contributed by atoms with Gasteiger partial charge < -0.3 is 0 Å². The number of hydrogen-bond donors (Lipinski definition) is 2. The number of nitrogens with two attached hydrogens (primary N) is 1. The third kappa shape index (κ3) is 3.64. The van der Waals surface area contributed by atoms with Gasteiger partial charge in [-0.2, -0.15) is 0 Å². The molecule has 1 atom stereocenters. The molecular formula is C23H19AsF2N7O. The molecule has 0 saturated carbocycles. The van der Waals surface area contributed by atoms with Crippen molar-refractivity contribution in [1.29, 1.82) is 0 Å². The number of nitrogen functional groups attached to an aromatic ring is 1. The second-order valence-electron chi connectivity index (χ2n) is 7.71. The Morgan fingerprint density at radius 1 is 1.12 bits per heavy atom. The van der Waals surface area contributed by atoms with Crippen molar-refractivity contribution >= 4 is 48.2 Å². The molecule has 1 radical (unpaired) electrons. The van der Waals surface area contributed by atoms with Gasteiger partial charge in [-0.15, -0.1) is 0 Å². The Labute approximate surface area is 199 Å². The second-order valence-corrected chi connectivity index (χ2v) is 10.4. The van der Waals surface area contributed by atoms with Crippen LogP contribution in [0.5, 0.6) is 0 Å². The van der Waals surface area contributed by atoms with E-state index in [9.17, 15) is 13.6 Å². The molecule has 171 valence electrons. The standard InChI is InChI=1S/C23H19AsF2N7O/c1-3-12(24-19-17-20(29-10-28-17)32-23(27)31-19)21-30-15-9-4-6-11(2)16(15)22(34)33(21)18-13(25)7-5-8-14(18)26/h4-10,12H,3H2,1-2H3,(H3,27,28,29,31,32). The molecule has 8 nitrogen and oxygen atoms in total. The van der Waals surface area contributed by atoms with Gasteiger partial charge in [0.25, 0.3) is 0 Å². The zero-order valence-corrected chi connectivity index (χ0v) is 20.1. The number of H-pyrrole nitrogens is 1. The molecule has 0 bridgehead atoms. The van der Waals surface area contributed by atoms with Gasteiger partial charge in [0.15, 0.2) is 0 Å². The summed E-state index contributed by atoms with van der Waals surface area (Å²) < 4.78 is 31.3. The van der Waals surface area contributed by atoms with E-state index < -0.39 is 38.6 Å². The van der Waals surface area contributed by atoms with Gasteiger partial charge in [-0.3, -0.25) is 0 Å². The number of imidazole rings is 1. The van der Waals surface area contributed by atoms with Crippen molar-refractivity contribution in [2.24, 2.45) is 0 Å². The summed E-state index contributed by atoms with van der Waals surface area (Å²) in [6, 6.07) is 8.83. The Balaban J connectivity index is 1.79. The van der Waals surface area contributed by atoms with Crippen molar-refractivity contribution in [1.82, 2.24) is 29.5 Å². The van der Waals surface area contributed by atoms with E-state index in [0.29, 0.717) is 38.5 Å². The Morgan fingerprint density at radius 3 is 2.59 bits per heavy atom. The number of hydrogen-bond acceptors (Lipinski definition) is 6. The molecule has 34 heavy (non-hydrogen) atoms. The molecule has 0 fully saturated rings. The molecule has 3 N–H and O–H groups in total. The second kappa shape index (κ2) is 8.61. The average molecular weight is 522 g/mol. The van der Waals surface area contributed by atoms with Gasteiger partial charge in [0.2, 0.25) is 0 Å². The predicted octanol–water partition coefficient (Wildman–Crippen LogP) is 2.70. The van der Waals surface area contributed by atoms with Crippen LogP contribution in [0.4, 0.5) is 14.7 Å². The number of aromatic amines is 1. The molecule has 0 saturated heterocycles. The fourth-order valence-electron chi connectivity index (χ4n) is 3.96. The molecule has 5 rings (SSSR count).